The van der Waals surface area contributed by atoms with Gasteiger partial charge in [0.2, 0.25) is 5.91 Å². The second-order valence-corrected chi connectivity index (χ2v) is 3.94. The van der Waals surface area contributed by atoms with Crippen molar-refractivity contribution in [3.05, 3.63) is 28.2 Å². The second-order valence-electron chi connectivity index (χ2n) is 3.07. The third kappa shape index (κ3) is 2.06. The van der Waals surface area contributed by atoms with Crippen molar-refractivity contribution in [3.63, 3.8) is 0 Å². The topological polar surface area (TPSA) is 49.4 Å². The maximum atomic E-state index is 11.4. The molecule has 1 saturated heterocycles. The van der Waals surface area contributed by atoms with Gasteiger partial charge in [0.1, 0.15) is 6.42 Å². The van der Waals surface area contributed by atoms with Gasteiger partial charge in [0.05, 0.1) is 5.69 Å². The number of nitrogens with zero attached hydrogens (tertiary/aromatic N) is 1. The number of anilines is 1. The molecule has 1 aromatic rings. The molecule has 0 aromatic heterocycles. The molecule has 2 rings (SSSR count). The molecule has 2 amide bonds. The van der Waals surface area contributed by atoms with Crippen molar-refractivity contribution >= 4 is 40.7 Å². The average molecular weight is 245 g/mol. The molecule has 1 N–H and O–H groups in total. The molecule has 0 aliphatic carbocycles. The van der Waals surface area contributed by atoms with Crippen LogP contribution in [0.3, 0.4) is 0 Å². The van der Waals surface area contributed by atoms with Crippen LogP contribution in [0.2, 0.25) is 10.0 Å². The molecule has 0 radical (unpaired) electrons. The first-order chi connectivity index (χ1) is 7.06. The monoisotopic (exact) mass is 244 g/mol. The third-order valence-electron chi connectivity index (χ3n) is 1.90. The molecular weight excluding hydrogens is 239 g/mol. The van der Waals surface area contributed by atoms with E-state index < -0.39 is 0 Å². The Hall–Kier alpha value is -1.26. The molecule has 4 nitrogen and oxygen atoms in total. The lowest BCUT2D eigenvalue weighted by Gasteiger charge is -2.15. The fraction of sp³-hybridized carbons (Fsp3) is 0.111. The minimum atomic E-state index is -0.337. The Bertz CT molecular complexity index is 427. The molecular formula is C9H6Cl2N2O2. The molecule has 15 heavy (non-hydrogen) atoms. The van der Waals surface area contributed by atoms with E-state index in [2.05, 4.69) is 5.43 Å². The lowest BCUT2D eigenvalue weighted by atomic mass is 10.3. The molecule has 78 valence electrons. The maximum Gasteiger partial charge on any atom is 0.255 e. The normalized spacial score (nSPS) is 15.7. The summed E-state index contributed by atoms with van der Waals surface area (Å²) in [5.41, 5.74) is 2.86. The Labute approximate surface area is 95.7 Å². The number of carbonyl (C=O) groups excluding carboxylic acids is 2. The summed E-state index contributed by atoms with van der Waals surface area (Å²) in [5.74, 6) is -0.658. The summed E-state index contributed by atoms with van der Waals surface area (Å²) in [6.07, 6.45) is -0.149. The second kappa shape index (κ2) is 3.72. The molecule has 1 heterocycles. The molecule has 0 unspecified atom stereocenters. The first-order valence-corrected chi connectivity index (χ1v) is 4.90. The first-order valence-electron chi connectivity index (χ1n) is 4.15. The van der Waals surface area contributed by atoms with Gasteiger partial charge in [-0.05, 0) is 18.2 Å². The van der Waals surface area contributed by atoms with Gasteiger partial charge >= 0.3 is 0 Å². The highest BCUT2D eigenvalue weighted by Gasteiger charge is 2.28. The van der Waals surface area contributed by atoms with Gasteiger partial charge in [-0.25, -0.2) is 5.01 Å². The van der Waals surface area contributed by atoms with Crippen LogP contribution in [0.5, 0.6) is 0 Å². The Morgan fingerprint density at radius 2 is 1.73 bits per heavy atom. The van der Waals surface area contributed by atoms with Crippen molar-refractivity contribution in [2.45, 2.75) is 6.42 Å². The van der Waals surface area contributed by atoms with E-state index >= 15 is 0 Å². The summed E-state index contributed by atoms with van der Waals surface area (Å²) >= 11 is 11.6. The summed E-state index contributed by atoms with van der Waals surface area (Å²) < 4.78 is 0. The largest absolute Gasteiger partial charge is 0.273 e. The quantitative estimate of drug-likeness (QED) is 0.766. The van der Waals surface area contributed by atoms with Gasteiger partial charge < -0.3 is 0 Å². The van der Waals surface area contributed by atoms with Crippen LogP contribution in [0.1, 0.15) is 6.42 Å². The molecule has 1 aliphatic rings. The lowest BCUT2D eigenvalue weighted by molar-refractivity contribution is -0.122. The molecule has 0 bridgehead atoms. The summed E-state index contributed by atoms with van der Waals surface area (Å²) in [7, 11) is 0. The highest BCUT2D eigenvalue weighted by molar-refractivity contribution is 6.35. The molecule has 0 atom stereocenters. The smallest absolute Gasteiger partial charge is 0.255 e. The van der Waals surface area contributed by atoms with E-state index in [-0.39, 0.29) is 18.2 Å². The van der Waals surface area contributed by atoms with Crippen LogP contribution in [0.15, 0.2) is 18.2 Å². The van der Waals surface area contributed by atoms with Gasteiger partial charge in [-0.15, -0.1) is 0 Å². The molecule has 1 aromatic carbocycles. The third-order valence-corrected chi connectivity index (χ3v) is 2.34. The van der Waals surface area contributed by atoms with Crippen molar-refractivity contribution in [3.8, 4) is 0 Å². The Morgan fingerprint density at radius 1 is 1.13 bits per heavy atom. The summed E-state index contributed by atoms with van der Waals surface area (Å²) in [6.45, 7) is 0. The van der Waals surface area contributed by atoms with E-state index in [1.54, 1.807) is 18.2 Å². The van der Waals surface area contributed by atoms with E-state index in [0.717, 1.165) is 5.01 Å². The highest BCUT2D eigenvalue weighted by Crippen LogP contribution is 2.26. The number of hydrogen-bond donors (Lipinski definition) is 1. The van der Waals surface area contributed by atoms with Crippen molar-refractivity contribution in [1.29, 1.82) is 0 Å². The van der Waals surface area contributed by atoms with Gasteiger partial charge in [-0.3, -0.25) is 15.0 Å². The fourth-order valence-electron chi connectivity index (χ4n) is 1.32. The number of benzene rings is 1. The fourth-order valence-corrected chi connectivity index (χ4v) is 1.83. The summed E-state index contributed by atoms with van der Waals surface area (Å²) in [6, 6.07) is 4.66. The van der Waals surface area contributed by atoms with Crippen molar-refractivity contribution in [2.75, 3.05) is 5.01 Å². The van der Waals surface area contributed by atoms with Gasteiger partial charge in [0.15, 0.2) is 0 Å². The molecule has 6 heteroatoms. The number of rotatable bonds is 1. The molecule has 1 aliphatic heterocycles. The zero-order valence-corrected chi connectivity index (χ0v) is 8.97. The van der Waals surface area contributed by atoms with Crippen molar-refractivity contribution in [2.24, 2.45) is 0 Å². The van der Waals surface area contributed by atoms with E-state index in [1.807, 2.05) is 0 Å². The minimum absolute atomic E-state index is 0.149. The predicted molar refractivity (Wildman–Crippen MR) is 56.7 cm³/mol. The van der Waals surface area contributed by atoms with Gasteiger partial charge in [0.25, 0.3) is 5.91 Å². The standard InChI is InChI=1S/C9H6Cl2N2O2/c10-5-1-6(11)3-7(2-5)13-9(15)4-8(14)12-13/h1-3H,4H2,(H,12,14). The minimum Gasteiger partial charge on any atom is -0.273 e. The van der Waals surface area contributed by atoms with Crippen LogP contribution >= 0.6 is 23.2 Å². The van der Waals surface area contributed by atoms with Crippen LogP contribution < -0.4 is 10.4 Å². The number of nitrogens with one attached hydrogen (secondary N) is 1. The SMILES string of the molecule is O=C1CC(=O)N(c2cc(Cl)cc(Cl)c2)N1. The molecule has 1 fully saturated rings. The van der Waals surface area contributed by atoms with E-state index in [4.69, 9.17) is 23.2 Å². The van der Waals surface area contributed by atoms with Gasteiger partial charge in [-0.1, -0.05) is 23.2 Å². The van der Waals surface area contributed by atoms with E-state index in [0.29, 0.717) is 15.7 Å². The lowest BCUT2D eigenvalue weighted by Crippen LogP contribution is -2.35. The van der Waals surface area contributed by atoms with Crippen LogP contribution in [0, 0.1) is 0 Å². The van der Waals surface area contributed by atoms with Gasteiger partial charge in [0, 0.05) is 10.0 Å². The van der Waals surface area contributed by atoms with E-state index in [1.165, 1.54) is 0 Å². The van der Waals surface area contributed by atoms with Crippen LogP contribution in [-0.4, -0.2) is 11.8 Å². The Balaban J connectivity index is 2.37. The van der Waals surface area contributed by atoms with Crippen LogP contribution in [0.4, 0.5) is 5.69 Å². The zero-order chi connectivity index (χ0) is 11.0. The van der Waals surface area contributed by atoms with Crippen LogP contribution in [-0.2, 0) is 9.59 Å². The molecule has 0 spiro atoms. The summed E-state index contributed by atoms with van der Waals surface area (Å²) in [5, 5.41) is 1.96. The van der Waals surface area contributed by atoms with Crippen molar-refractivity contribution < 1.29 is 9.59 Å². The first kappa shape index (κ1) is 10.3. The predicted octanol–water partition coefficient (Wildman–Crippen LogP) is 1.76. The zero-order valence-electron chi connectivity index (χ0n) is 7.46. The van der Waals surface area contributed by atoms with Crippen molar-refractivity contribution in [1.82, 2.24) is 5.43 Å². The summed E-state index contributed by atoms with van der Waals surface area (Å²) in [4.78, 5) is 22.3. The van der Waals surface area contributed by atoms with Crippen LogP contribution in [0.25, 0.3) is 0 Å². The average Bonchev–Trinajstić information content (AvgIpc) is 2.43. The van der Waals surface area contributed by atoms with Gasteiger partial charge in [-0.2, -0.15) is 0 Å². The molecule has 0 saturated carbocycles. The number of hydrogen-bond acceptors (Lipinski definition) is 2. The Kier molecular flexibility index (Phi) is 2.54. The highest BCUT2D eigenvalue weighted by atomic mass is 35.5. The number of amides is 2. The number of carbonyl (C=O) groups is 2. The Morgan fingerprint density at radius 3 is 2.20 bits per heavy atom. The number of hydrazine groups is 1. The maximum absolute atomic E-state index is 11.4. The van der Waals surface area contributed by atoms with E-state index in [9.17, 15) is 9.59 Å². The number of halogens is 2.